The van der Waals surface area contributed by atoms with Crippen molar-refractivity contribution in [3.8, 4) is 0 Å². The second-order valence-corrected chi connectivity index (χ2v) is 5.76. The van der Waals surface area contributed by atoms with Gasteiger partial charge >= 0.3 is 0 Å². The van der Waals surface area contributed by atoms with Crippen molar-refractivity contribution < 1.29 is 4.79 Å². The lowest BCUT2D eigenvalue weighted by atomic mass is 9.88. The molecule has 0 radical (unpaired) electrons. The van der Waals surface area contributed by atoms with E-state index in [1.54, 1.807) is 18.2 Å². The van der Waals surface area contributed by atoms with Crippen LogP contribution in [0.3, 0.4) is 0 Å². The minimum Gasteiger partial charge on any atom is -0.345 e. The Bertz CT molecular complexity index is 431. The highest BCUT2D eigenvalue weighted by Gasteiger charge is 2.29. The maximum Gasteiger partial charge on any atom is 0.251 e. The van der Waals surface area contributed by atoms with Gasteiger partial charge in [0.05, 0.1) is 5.54 Å². The van der Waals surface area contributed by atoms with Crippen molar-refractivity contribution in [1.29, 1.82) is 0 Å². The molecule has 1 aromatic rings. The number of amides is 1. The third-order valence-corrected chi connectivity index (χ3v) is 3.66. The van der Waals surface area contributed by atoms with E-state index in [0.29, 0.717) is 22.2 Å². The zero-order valence-electron chi connectivity index (χ0n) is 11.2. The number of hydrogen-bond donors (Lipinski definition) is 2. The number of hydrogen-bond acceptors (Lipinski definition) is 2. The molecule has 1 unspecified atom stereocenters. The summed E-state index contributed by atoms with van der Waals surface area (Å²) in [6.07, 6.45) is 0. The van der Waals surface area contributed by atoms with Gasteiger partial charge in [-0.3, -0.25) is 4.79 Å². The van der Waals surface area contributed by atoms with E-state index in [2.05, 4.69) is 5.32 Å². The van der Waals surface area contributed by atoms with Crippen molar-refractivity contribution in [3.05, 3.63) is 33.8 Å². The predicted octanol–water partition coefficient (Wildman–Crippen LogP) is 3.52. The van der Waals surface area contributed by atoms with Crippen molar-refractivity contribution >= 4 is 41.5 Å². The zero-order chi connectivity index (χ0) is 13.9. The fourth-order valence-corrected chi connectivity index (χ4v) is 1.97. The molecule has 0 bridgehead atoms. The van der Waals surface area contributed by atoms with E-state index in [-0.39, 0.29) is 24.2 Å². The standard InChI is InChI=1S/C13H18Cl2N2O.ClH/c1-8(2)13(3,7-16)17-12(18)9-4-10(14)6-11(15)5-9;/h4-6,8H,7,16H2,1-3H3,(H,17,18);1H. The van der Waals surface area contributed by atoms with Crippen LogP contribution in [0.25, 0.3) is 0 Å². The maximum absolute atomic E-state index is 12.1. The zero-order valence-corrected chi connectivity index (χ0v) is 13.5. The van der Waals surface area contributed by atoms with E-state index in [1.165, 1.54) is 0 Å². The highest BCUT2D eigenvalue weighted by Crippen LogP contribution is 2.21. The SMILES string of the molecule is CC(C)C(C)(CN)NC(=O)c1cc(Cl)cc(Cl)c1.Cl. The summed E-state index contributed by atoms with van der Waals surface area (Å²) < 4.78 is 0. The maximum atomic E-state index is 12.1. The van der Waals surface area contributed by atoms with Gasteiger partial charge in [0, 0.05) is 22.2 Å². The van der Waals surface area contributed by atoms with Crippen LogP contribution in [0.15, 0.2) is 18.2 Å². The van der Waals surface area contributed by atoms with Crippen LogP contribution in [0, 0.1) is 5.92 Å². The number of carbonyl (C=O) groups excluding carboxylic acids is 1. The third kappa shape index (κ3) is 4.84. The summed E-state index contributed by atoms with van der Waals surface area (Å²) in [5, 5.41) is 3.81. The first-order valence-corrected chi connectivity index (χ1v) is 6.53. The second-order valence-electron chi connectivity index (χ2n) is 4.89. The average molecular weight is 326 g/mol. The van der Waals surface area contributed by atoms with Crippen LogP contribution in [0.4, 0.5) is 0 Å². The summed E-state index contributed by atoms with van der Waals surface area (Å²) in [5.74, 6) is 0.00200. The van der Waals surface area contributed by atoms with Crippen molar-refractivity contribution in [2.75, 3.05) is 6.54 Å². The monoisotopic (exact) mass is 324 g/mol. The Morgan fingerprint density at radius 1 is 1.32 bits per heavy atom. The highest BCUT2D eigenvalue weighted by atomic mass is 35.5. The van der Waals surface area contributed by atoms with E-state index in [0.717, 1.165) is 0 Å². The Labute approximate surface area is 130 Å². The molecule has 3 nitrogen and oxygen atoms in total. The number of nitrogens with one attached hydrogen (secondary N) is 1. The molecule has 19 heavy (non-hydrogen) atoms. The van der Waals surface area contributed by atoms with Gasteiger partial charge in [0.25, 0.3) is 5.91 Å². The van der Waals surface area contributed by atoms with E-state index in [9.17, 15) is 4.79 Å². The molecule has 0 heterocycles. The molecule has 0 aliphatic heterocycles. The normalized spacial score (nSPS) is 13.6. The number of carbonyl (C=O) groups is 1. The quantitative estimate of drug-likeness (QED) is 0.890. The lowest BCUT2D eigenvalue weighted by Crippen LogP contribution is -2.55. The topological polar surface area (TPSA) is 55.1 Å². The number of nitrogens with two attached hydrogens (primary N) is 1. The predicted molar refractivity (Wildman–Crippen MR) is 83.5 cm³/mol. The molecule has 0 aliphatic carbocycles. The molecule has 0 spiro atoms. The summed E-state index contributed by atoms with van der Waals surface area (Å²) in [6.45, 7) is 6.31. The van der Waals surface area contributed by atoms with Gasteiger partial charge in [-0.15, -0.1) is 12.4 Å². The fraction of sp³-hybridized carbons (Fsp3) is 0.462. The molecule has 0 aromatic heterocycles. The molecular weight excluding hydrogens is 307 g/mol. The van der Waals surface area contributed by atoms with Gasteiger partial charge in [0.1, 0.15) is 0 Å². The van der Waals surface area contributed by atoms with Gasteiger partial charge in [-0.25, -0.2) is 0 Å². The van der Waals surface area contributed by atoms with Crippen LogP contribution in [-0.4, -0.2) is 18.0 Å². The van der Waals surface area contributed by atoms with E-state index < -0.39 is 5.54 Å². The number of halogens is 3. The lowest BCUT2D eigenvalue weighted by Gasteiger charge is -2.33. The van der Waals surface area contributed by atoms with Crippen molar-refractivity contribution in [3.63, 3.8) is 0 Å². The van der Waals surface area contributed by atoms with Crippen LogP contribution < -0.4 is 11.1 Å². The van der Waals surface area contributed by atoms with Crippen molar-refractivity contribution in [2.24, 2.45) is 11.7 Å². The molecule has 1 atom stereocenters. The van der Waals surface area contributed by atoms with Crippen molar-refractivity contribution in [2.45, 2.75) is 26.3 Å². The first kappa shape index (κ1) is 18.5. The molecular formula is C13H19Cl3N2O. The van der Waals surface area contributed by atoms with Crippen molar-refractivity contribution in [1.82, 2.24) is 5.32 Å². The Morgan fingerprint density at radius 3 is 2.16 bits per heavy atom. The molecule has 1 amide bonds. The fourth-order valence-electron chi connectivity index (χ4n) is 1.45. The second kappa shape index (κ2) is 7.34. The molecule has 0 aliphatic rings. The summed E-state index contributed by atoms with van der Waals surface area (Å²) in [4.78, 5) is 12.1. The molecule has 0 saturated heterocycles. The Kier molecular flexibility index (Phi) is 7.16. The first-order valence-electron chi connectivity index (χ1n) is 5.77. The smallest absolute Gasteiger partial charge is 0.251 e. The summed E-state index contributed by atoms with van der Waals surface area (Å²) in [6, 6.07) is 4.75. The minimum absolute atomic E-state index is 0. The largest absolute Gasteiger partial charge is 0.345 e. The Hall–Kier alpha value is -0.480. The Morgan fingerprint density at radius 2 is 1.79 bits per heavy atom. The summed E-state index contributed by atoms with van der Waals surface area (Å²) >= 11 is 11.7. The van der Waals surface area contributed by atoms with E-state index >= 15 is 0 Å². The highest BCUT2D eigenvalue weighted by molar-refractivity contribution is 6.35. The van der Waals surface area contributed by atoms with E-state index in [1.807, 2.05) is 20.8 Å². The number of benzene rings is 1. The van der Waals surface area contributed by atoms with Gasteiger partial charge in [-0.05, 0) is 31.0 Å². The molecule has 108 valence electrons. The molecule has 6 heteroatoms. The molecule has 1 rings (SSSR count). The van der Waals surface area contributed by atoms with Gasteiger partial charge in [-0.1, -0.05) is 37.0 Å². The van der Waals surface area contributed by atoms with Crippen LogP contribution in [-0.2, 0) is 0 Å². The van der Waals surface area contributed by atoms with Crippen LogP contribution in [0.2, 0.25) is 10.0 Å². The average Bonchev–Trinajstić information content (AvgIpc) is 2.27. The van der Waals surface area contributed by atoms with Gasteiger partial charge in [0.15, 0.2) is 0 Å². The minimum atomic E-state index is -0.453. The van der Waals surface area contributed by atoms with Gasteiger partial charge < -0.3 is 11.1 Å². The summed E-state index contributed by atoms with van der Waals surface area (Å²) in [7, 11) is 0. The molecule has 1 aromatic carbocycles. The van der Waals surface area contributed by atoms with Crippen LogP contribution in [0.1, 0.15) is 31.1 Å². The lowest BCUT2D eigenvalue weighted by molar-refractivity contribution is 0.0883. The molecule has 0 saturated carbocycles. The number of rotatable bonds is 4. The van der Waals surface area contributed by atoms with E-state index in [4.69, 9.17) is 28.9 Å². The third-order valence-electron chi connectivity index (χ3n) is 3.22. The van der Waals surface area contributed by atoms with Gasteiger partial charge in [-0.2, -0.15) is 0 Å². The van der Waals surface area contributed by atoms with Crippen LogP contribution >= 0.6 is 35.6 Å². The van der Waals surface area contributed by atoms with Crippen LogP contribution in [0.5, 0.6) is 0 Å². The molecule has 0 fully saturated rings. The Balaban J connectivity index is 0.00000324. The van der Waals surface area contributed by atoms with Gasteiger partial charge in [0.2, 0.25) is 0 Å². The first-order chi connectivity index (χ1) is 8.28. The summed E-state index contributed by atoms with van der Waals surface area (Å²) in [5.41, 5.74) is 5.71. The molecule has 3 N–H and O–H groups in total.